The fraction of sp³-hybridized carbons (Fsp3) is 0.353. The van der Waals surface area contributed by atoms with Crippen molar-refractivity contribution in [3.63, 3.8) is 0 Å². The lowest BCUT2D eigenvalue weighted by atomic mass is 10.0. The third kappa shape index (κ3) is 2.07. The highest BCUT2D eigenvalue weighted by atomic mass is 16.2. The Bertz CT molecular complexity index is 731. The summed E-state index contributed by atoms with van der Waals surface area (Å²) in [4.78, 5) is 18.1. The molecule has 0 saturated heterocycles. The summed E-state index contributed by atoms with van der Waals surface area (Å²) in [6, 6.07) is 8.35. The van der Waals surface area contributed by atoms with Crippen LogP contribution < -0.4 is 5.73 Å². The second-order valence-corrected chi connectivity index (χ2v) is 6.03. The molecular weight excluding hydrogens is 262 g/mol. The number of amides is 1. The molecule has 21 heavy (non-hydrogen) atoms. The van der Waals surface area contributed by atoms with Crippen molar-refractivity contribution in [2.75, 3.05) is 6.54 Å². The first-order valence-electron chi connectivity index (χ1n) is 7.53. The topological polar surface area (TPSA) is 62.1 Å². The van der Waals surface area contributed by atoms with Crippen LogP contribution >= 0.6 is 0 Å². The van der Waals surface area contributed by atoms with E-state index in [9.17, 15) is 4.79 Å². The number of fused-ring (bicyclic) bond motifs is 3. The van der Waals surface area contributed by atoms with Crippen LogP contribution in [0.2, 0.25) is 0 Å². The van der Waals surface area contributed by atoms with Gasteiger partial charge in [0.1, 0.15) is 0 Å². The van der Waals surface area contributed by atoms with Crippen LogP contribution in [0.25, 0.3) is 10.9 Å². The number of aromatic amines is 1. The zero-order valence-corrected chi connectivity index (χ0v) is 11.9. The number of para-hydroxylation sites is 1. The number of rotatable bonds is 1. The standard InChI is InChI=1S/C17H19N3O/c18-12-6-5-11(9-12)17(21)20-8-7-16-14(10-20)13-3-1-2-4-15(13)19-16/h1-6,11-12,19H,7-10,18H2. The molecule has 2 aliphatic rings. The normalized spacial score (nSPS) is 24.5. The number of hydrogen-bond acceptors (Lipinski definition) is 2. The molecule has 1 aliphatic carbocycles. The molecule has 1 amide bonds. The van der Waals surface area contributed by atoms with Gasteiger partial charge in [-0.1, -0.05) is 30.4 Å². The van der Waals surface area contributed by atoms with Gasteiger partial charge in [0.2, 0.25) is 5.91 Å². The Balaban J connectivity index is 1.61. The van der Waals surface area contributed by atoms with Gasteiger partial charge in [0.25, 0.3) is 0 Å². The third-order valence-electron chi connectivity index (χ3n) is 4.63. The van der Waals surface area contributed by atoms with Crippen molar-refractivity contribution in [1.29, 1.82) is 0 Å². The van der Waals surface area contributed by atoms with Crippen molar-refractivity contribution in [3.8, 4) is 0 Å². The Morgan fingerprint density at radius 1 is 1.29 bits per heavy atom. The van der Waals surface area contributed by atoms with E-state index in [0.717, 1.165) is 19.4 Å². The van der Waals surface area contributed by atoms with E-state index >= 15 is 0 Å². The Morgan fingerprint density at radius 2 is 2.14 bits per heavy atom. The van der Waals surface area contributed by atoms with Gasteiger partial charge >= 0.3 is 0 Å². The second kappa shape index (κ2) is 4.74. The summed E-state index contributed by atoms with van der Waals surface area (Å²) in [5.41, 5.74) is 9.58. The SMILES string of the molecule is NC1C=CC(C(=O)N2CCc3[nH]c4ccccc4c3C2)C1. The summed E-state index contributed by atoms with van der Waals surface area (Å²) in [5, 5.41) is 1.24. The van der Waals surface area contributed by atoms with Crippen LogP contribution in [0.4, 0.5) is 0 Å². The number of carbonyl (C=O) groups is 1. The van der Waals surface area contributed by atoms with Crippen LogP contribution in [0.15, 0.2) is 36.4 Å². The minimum Gasteiger partial charge on any atom is -0.358 e. The second-order valence-electron chi connectivity index (χ2n) is 6.03. The fourth-order valence-electron chi connectivity index (χ4n) is 3.50. The fourth-order valence-corrected chi connectivity index (χ4v) is 3.50. The minimum absolute atomic E-state index is 0.0346. The maximum absolute atomic E-state index is 12.6. The molecule has 4 nitrogen and oxygen atoms in total. The summed E-state index contributed by atoms with van der Waals surface area (Å²) in [6.45, 7) is 1.50. The van der Waals surface area contributed by atoms with Gasteiger partial charge in [-0.3, -0.25) is 4.79 Å². The molecule has 1 aliphatic heterocycles. The summed E-state index contributed by atoms with van der Waals surface area (Å²) >= 11 is 0. The molecule has 2 unspecified atom stereocenters. The van der Waals surface area contributed by atoms with Crippen molar-refractivity contribution in [3.05, 3.63) is 47.7 Å². The highest BCUT2D eigenvalue weighted by molar-refractivity contribution is 5.87. The average molecular weight is 281 g/mol. The van der Waals surface area contributed by atoms with Gasteiger partial charge in [0.15, 0.2) is 0 Å². The van der Waals surface area contributed by atoms with Crippen LogP contribution in [0.5, 0.6) is 0 Å². The lowest BCUT2D eigenvalue weighted by molar-refractivity contribution is -0.135. The average Bonchev–Trinajstić information content (AvgIpc) is 3.09. The molecule has 2 atom stereocenters. The number of nitrogens with one attached hydrogen (secondary N) is 1. The summed E-state index contributed by atoms with van der Waals surface area (Å²) in [6.07, 6.45) is 5.57. The first kappa shape index (κ1) is 12.7. The molecule has 0 bridgehead atoms. The van der Waals surface area contributed by atoms with Crippen molar-refractivity contribution in [2.24, 2.45) is 11.7 Å². The zero-order chi connectivity index (χ0) is 14.4. The molecule has 0 radical (unpaired) electrons. The number of benzene rings is 1. The molecule has 1 aromatic carbocycles. The largest absolute Gasteiger partial charge is 0.358 e. The molecule has 2 heterocycles. The maximum Gasteiger partial charge on any atom is 0.229 e. The predicted octanol–water partition coefficient (Wildman–Crippen LogP) is 1.96. The van der Waals surface area contributed by atoms with E-state index in [1.807, 2.05) is 23.1 Å². The van der Waals surface area contributed by atoms with Crippen LogP contribution in [0.1, 0.15) is 17.7 Å². The molecule has 0 saturated carbocycles. The van der Waals surface area contributed by atoms with Gasteiger partial charge < -0.3 is 15.6 Å². The Hall–Kier alpha value is -2.07. The number of nitrogens with zero attached hydrogens (tertiary/aromatic N) is 1. The maximum atomic E-state index is 12.6. The summed E-state index contributed by atoms with van der Waals surface area (Å²) in [5.74, 6) is 0.182. The van der Waals surface area contributed by atoms with E-state index in [4.69, 9.17) is 5.73 Å². The smallest absolute Gasteiger partial charge is 0.229 e. The summed E-state index contributed by atoms with van der Waals surface area (Å²) in [7, 11) is 0. The van der Waals surface area contributed by atoms with Crippen LogP contribution in [-0.2, 0) is 17.8 Å². The number of hydrogen-bond donors (Lipinski definition) is 2. The molecule has 4 rings (SSSR count). The lowest BCUT2D eigenvalue weighted by Crippen LogP contribution is -2.39. The quantitative estimate of drug-likeness (QED) is 0.785. The molecule has 4 heteroatoms. The van der Waals surface area contributed by atoms with Gasteiger partial charge in [0, 0.05) is 47.7 Å². The molecule has 2 aromatic rings. The highest BCUT2D eigenvalue weighted by Gasteiger charge is 2.30. The number of H-pyrrole nitrogens is 1. The van der Waals surface area contributed by atoms with Crippen molar-refractivity contribution < 1.29 is 4.79 Å². The van der Waals surface area contributed by atoms with Gasteiger partial charge in [-0.2, -0.15) is 0 Å². The molecular formula is C17H19N3O. The van der Waals surface area contributed by atoms with Crippen molar-refractivity contribution in [1.82, 2.24) is 9.88 Å². The zero-order valence-electron chi connectivity index (χ0n) is 11.9. The van der Waals surface area contributed by atoms with Gasteiger partial charge in [-0.25, -0.2) is 0 Å². The van der Waals surface area contributed by atoms with Crippen LogP contribution in [0, 0.1) is 5.92 Å². The van der Waals surface area contributed by atoms with Gasteiger partial charge in [0.05, 0.1) is 5.92 Å². The third-order valence-corrected chi connectivity index (χ3v) is 4.63. The van der Waals surface area contributed by atoms with E-state index in [1.165, 1.54) is 22.2 Å². The lowest BCUT2D eigenvalue weighted by Gasteiger charge is -2.29. The van der Waals surface area contributed by atoms with E-state index in [2.05, 4.69) is 23.2 Å². The highest BCUT2D eigenvalue weighted by Crippen LogP contribution is 2.29. The van der Waals surface area contributed by atoms with E-state index in [1.54, 1.807) is 0 Å². The van der Waals surface area contributed by atoms with Gasteiger partial charge in [-0.05, 0) is 12.5 Å². The molecule has 1 aromatic heterocycles. The Morgan fingerprint density at radius 3 is 2.95 bits per heavy atom. The van der Waals surface area contributed by atoms with Gasteiger partial charge in [-0.15, -0.1) is 0 Å². The van der Waals surface area contributed by atoms with Crippen molar-refractivity contribution in [2.45, 2.75) is 25.4 Å². The molecule has 3 N–H and O–H groups in total. The monoisotopic (exact) mass is 281 g/mol. The Kier molecular flexibility index (Phi) is 2.86. The van der Waals surface area contributed by atoms with E-state index in [0.29, 0.717) is 6.54 Å². The number of nitrogens with two attached hydrogens (primary N) is 1. The number of aromatic nitrogens is 1. The predicted molar refractivity (Wildman–Crippen MR) is 82.6 cm³/mol. The number of carbonyl (C=O) groups excluding carboxylic acids is 1. The van der Waals surface area contributed by atoms with Crippen LogP contribution in [0.3, 0.4) is 0 Å². The van der Waals surface area contributed by atoms with E-state index < -0.39 is 0 Å². The minimum atomic E-state index is -0.0354. The molecule has 108 valence electrons. The van der Waals surface area contributed by atoms with Crippen molar-refractivity contribution >= 4 is 16.8 Å². The molecule has 0 fully saturated rings. The first-order valence-corrected chi connectivity index (χ1v) is 7.53. The molecule has 0 spiro atoms. The Labute approximate surface area is 123 Å². The summed E-state index contributed by atoms with van der Waals surface area (Å²) < 4.78 is 0. The first-order chi connectivity index (χ1) is 10.2. The van der Waals surface area contributed by atoms with E-state index in [-0.39, 0.29) is 17.9 Å². The van der Waals surface area contributed by atoms with Crippen LogP contribution in [-0.4, -0.2) is 28.4 Å².